The van der Waals surface area contributed by atoms with Crippen molar-refractivity contribution in [3.8, 4) is 0 Å². The summed E-state index contributed by atoms with van der Waals surface area (Å²) >= 11 is 4.18. The summed E-state index contributed by atoms with van der Waals surface area (Å²) in [7, 11) is 0. The summed E-state index contributed by atoms with van der Waals surface area (Å²) in [5.41, 5.74) is 1.83. The van der Waals surface area contributed by atoms with Crippen LogP contribution in [0.5, 0.6) is 0 Å². The highest BCUT2D eigenvalue weighted by molar-refractivity contribution is 14.1. The lowest BCUT2D eigenvalue weighted by atomic mass is 10.1. The second-order valence-electron chi connectivity index (χ2n) is 4.33. The van der Waals surface area contributed by atoms with Gasteiger partial charge in [-0.05, 0) is 81.9 Å². The van der Waals surface area contributed by atoms with Gasteiger partial charge in [0.25, 0.3) is 11.6 Å². The molecule has 0 spiro atoms. The highest BCUT2D eigenvalue weighted by Gasteiger charge is 2.16. The van der Waals surface area contributed by atoms with E-state index in [4.69, 9.17) is 0 Å². The standard InChI is InChI=1S/C14H10I2N2O3/c1-8-6-9(15)2-5-13(8)17-14(19)11-7-10(18(20)21)3-4-12(11)16/h2-7H,1H3,(H,17,19). The van der Waals surface area contributed by atoms with Crippen molar-refractivity contribution in [2.45, 2.75) is 6.92 Å². The Kier molecular flexibility index (Phi) is 5.14. The molecule has 2 aromatic rings. The van der Waals surface area contributed by atoms with Crippen LogP contribution in [0.25, 0.3) is 0 Å². The third-order valence-electron chi connectivity index (χ3n) is 2.84. The van der Waals surface area contributed by atoms with E-state index < -0.39 is 4.92 Å². The van der Waals surface area contributed by atoms with Crippen LogP contribution in [-0.2, 0) is 0 Å². The zero-order valence-electron chi connectivity index (χ0n) is 10.9. The van der Waals surface area contributed by atoms with Crippen LogP contribution in [0, 0.1) is 24.2 Å². The number of amides is 1. The normalized spacial score (nSPS) is 10.2. The third-order valence-corrected chi connectivity index (χ3v) is 4.45. The molecule has 5 nitrogen and oxygen atoms in total. The first-order valence-electron chi connectivity index (χ1n) is 5.90. The zero-order chi connectivity index (χ0) is 15.6. The van der Waals surface area contributed by atoms with E-state index in [1.165, 1.54) is 12.1 Å². The molecule has 1 N–H and O–H groups in total. The predicted molar refractivity (Wildman–Crippen MR) is 97.7 cm³/mol. The van der Waals surface area contributed by atoms with Gasteiger partial charge in [0.05, 0.1) is 10.5 Å². The van der Waals surface area contributed by atoms with E-state index in [-0.39, 0.29) is 11.6 Å². The van der Waals surface area contributed by atoms with E-state index in [0.29, 0.717) is 14.8 Å². The maximum atomic E-state index is 12.3. The van der Waals surface area contributed by atoms with Gasteiger partial charge in [0.15, 0.2) is 0 Å². The number of rotatable bonds is 3. The number of aryl methyl sites for hydroxylation is 1. The molecule has 1 amide bonds. The fourth-order valence-electron chi connectivity index (χ4n) is 1.76. The van der Waals surface area contributed by atoms with Gasteiger partial charge in [-0.3, -0.25) is 14.9 Å². The molecular weight excluding hydrogens is 498 g/mol. The summed E-state index contributed by atoms with van der Waals surface area (Å²) in [6.07, 6.45) is 0. The molecular formula is C14H10I2N2O3. The molecule has 2 rings (SSSR count). The minimum atomic E-state index is -0.511. The van der Waals surface area contributed by atoms with Crippen LogP contribution in [0.3, 0.4) is 0 Å². The van der Waals surface area contributed by atoms with E-state index in [1.807, 2.05) is 47.7 Å². The molecule has 0 aromatic heterocycles. The highest BCUT2D eigenvalue weighted by Crippen LogP contribution is 2.22. The first-order valence-corrected chi connectivity index (χ1v) is 8.05. The lowest BCUT2D eigenvalue weighted by molar-refractivity contribution is -0.384. The van der Waals surface area contributed by atoms with Crippen molar-refractivity contribution >= 4 is 62.5 Å². The number of nitro benzene ring substituents is 1. The van der Waals surface area contributed by atoms with E-state index in [2.05, 4.69) is 27.9 Å². The Labute approximate surface area is 148 Å². The van der Waals surface area contributed by atoms with Crippen LogP contribution in [-0.4, -0.2) is 10.8 Å². The quantitative estimate of drug-likeness (QED) is 0.381. The predicted octanol–water partition coefficient (Wildman–Crippen LogP) is 4.36. The average Bonchev–Trinajstić information content (AvgIpc) is 2.42. The molecule has 0 fully saturated rings. The Morgan fingerprint density at radius 1 is 1.19 bits per heavy atom. The Hall–Kier alpha value is -1.23. The number of halogens is 2. The second kappa shape index (κ2) is 6.69. The van der Waals surface area contributed by atoms with Gasteiger partial charge in [0.1, 0.15) is 0 Å². The van der Waals surface area contributed by atoms with Crippen molar-refractivity contribution in [1.29, 1.82) is 0 Å². The van der Waals surface area contributed by atoms with E-state index in [1.54, 1.807) is 6.07 Å². The van der Waals surface area contributed by atoms with Crippen molar-refractivity contribution in [3.05, 3.63) is 64.8 Å². The van der Waals surface area contributed by atoms with Gasteiger partial charge >= 0.3 is 0 Å². The first kappa shape index (κ1) is 16.1. The number of nitrogens with one attached hydrogen (secondary N) is 1. The number of nitro groups is 1. The van der Waals surface area contributed by atoms with E-state index in [9.17, 15) is 14.9 Å². The Balaban J connectivity index is 2.32. The molecule has 0 atom stereocenters. The van der Waals surface area contributed by atoms with Crippen molar-refractivity contribution in [3.63, 3.8) is 0 Å². The van der Waals surface area contributed by atoms with Crippen LogP contribution in [0.1, 0.15) is 15.9 Å². The summed E-state index contributed by atoms with van der Waals surface area (Å²) in [5.74, 6) is -0.354. The van der Waals surface area contributed by atoms with Crippen molar-refractivity contribution in [2.75, 3.05) is 5.32 Å². The van der Waals surface area contributed by atoms with E-state index in [0.717, 1.165) is 9.13 Å². The molecule has 0 saturated heterocycles. The molecule has 0 aliphatic rings. The number of non-ortho nitro benzene ring substituents is 1. The van der Waals surface area contributed by atoms with Gasteiger partial charge in [-0.15, -0.1) is 0 Å². The maximum absolute atomic E-state index is 12.3. The number of nitrogens with zero attached hydrogens (tertiary/aromatic N) is 1. The van der Waals surface area contributed by atoms with Crippen molar-refractivity contribution in [2.24, 2.45) is 0 Å². The summed E-state index contributed by atoms with van der Waals surface area (Å²) in [6, 6.07) is 9.90. The lowest BCUT2D eigenvalue weighted by Gasteiger charge is -2.10. The van der Waals surface area contributed by atoms with Gasteiger partial charge in [0.2, 0.25) is 0 Å². The number of hydrogen-bond acceptors (Lipinski definition) is 3. The smallest absolute Gasteiger partial charge is 0.270 e. The molecule has 0 aliphatic heterocycles. The van der Waals surface area contributed by atoms with Crippen LogP contribution in [0.2, 0.25) is 0 Å². The molecule has 0 heterocycles. The summed E-state index contributed by atoms with van der Waals surface area (Å²) in [4.78, 5) is 22.6. The second-order valence-corrected chi connectivity index (χ2v) is 6.74. The average molecular weight is 508 g/mol. The molecule has 0 aliphatic carbocycles. The molecule has 0 saturated carbocycles. The third kappa shape index (κ3) is 3.90. The Morgan fingerprint density at radius 3 is 2.52 bits per heavy atom. The van der Waals surface area contributed by atoms with Gasteiger partial charge in [-0.2, -0.15) is 0 Å². The van der Waals surface area contributed by atoms with Gasteiger partial charge < -0.3 is 5.32 Å². The molecule has 108 valence electrons. The SMILES string of the molecule is Cc1cc(I)ccc1NC(=O)c1cc([N+](=O)[O-])ccc1I. The molecule has 0 radical (unpaired) electrons. The molecule has 0 unspecified atom stereocenters. The van der Waals surface area contributed by atoms with Crippen molar-refractivity contribution in [1.82, 2.24) is 0 Å². The first-order chi connectivity index (χ1) is 9.88. The minimum Gasteiger partial charge on any atom is -0.322 e. The molecule has 7 heteroatoms. The fraction of sp³-hybridized carbons (Fsp3) is 0.0714. The summed E-state index contributed by atoms with van der Waals surface area (Å²) in [6.45, 7) is 1.90. The van der Waals surface area contributed by atoms with Crippen LogP contribution >= 0.6 is 45.2 Å². The Morgan fingerprint density at radius 2 is 1.90 bits per heavy atom. The number of carbonyl (C=O) groups is 1. The fourth-order valence-corrected chi connectivity index (χ4v) is 2.99. The van der Waals surface area contributed by atoms with Gasteiger partial charge in [0, 0.05) is 25.0 Å². The largest absolute Gasteiger partial charge is 0.322 e. The summed E-state index contributed by atoms with van der Waals surface area (Å²) in [5, 5.41) is 13.6. The number of anilines is 1. The Bertz CT molecular complexity index is 732. The van der Waals surface area contributed by atoms with Crippen LogP contribution in [0.15, 0.2) is 36.4 Å². The zero-order valence-corrected chi connectivity index (χ0v) is 15.2. The monoisotopic (exact) mass is 508 g/mol. The number of benzene rings is 2. The number of carbonyl (C=O) groups excluding carboxylic acids is 1. The topological polar surface area (TPSA) is 72.2 Å². The molecule has 21 heavy (non-hydrogen) atoms. The lowest BCUT2D eigenvalue weighted by Crippen LogP contribution is -2.14. The van der Waals surface area contributed by atoms with Crippen LogP contribution < -0.4 is 5.32 Å². The molecule has 0 bridgehead atoms. The summed E-state index contributed by atoms with van der Waals surface area (Å²) < 4.78 is 1.74. The number of hydrogen-bond donors (Lipinski definition) is 1. The minimum absolute atomic E-state index is 0.0973. The molecule has 2 aromatic carbocycles. The van der Waals surface area contributed by atoms with Gasteiger partial charge in [-0.25, -0.2) is 0 Å². The van der Waals surface area contributed by atoms with Crippen LogP contribution in [0.4, 0.5) is 11.4 Å². The van der Waals surface area contributed by atoms with Gasteiger partial charge in [-0.1, -0.05) is 0 Å². The van der Waals surface area contributed by atoms with E-state index >= 15 is 0 Å². The highest BCUT2D eigenvalue weighted by atomic mass is 127. The van der Waals surface area contributed by atoms with Crippen molar-refractivity contribution < 1.29 is 9.72 Å². The maximum Gasteiger partial charge on any atom is 0.270 e.